The molecule has 0 unspecified atom stereocenters. The number of hydrogen-bond donors (Lipinski definition) is 0. The van der Waals surface area contributed by atoms with E-state index in [4.69, 9.17) is 0 Å². The first-order valence-corrected chi connectivity index (χ1v) is 7.82. The molecule has 1 aliphatic rings. The number of likely N-dealkylation sites (tertiary alicyclic amines) is 1. The summed E-state index contributed by atoms with van der Waals surface area (Å²) in [5.41, 5.74) is 0.869. The van der Waals surface area contributed by atoms with Gasteiger partial charge >= 0.3 is 0 Å². The van der Waals surface area contributed by atoms with Crippen LogP contribution in [0.2, 0.25) is 0 Å². The summed E-state index contributed by atoms with van der Waals surface area (Å²) in [4.78, 5) is 16.9. The largest absolute Gasteiger partial charge is 0.336 e. The van der Waals surface area contributed by atoms with Crippen molar-refractivity contribution in [1.82, 2.24) is 14.7 Å². The van der Waals surface area contributed by atoms with Crippen molar-refractivity contribution < 1.29 is 4.79 Å². The predicted molar refractivity (Wildman–Crippen MR) is 80.2 cm³/mol. The molecule has 106 valence electrons. The molecule has 4 nitrogen and oxygen atoms in total. The molecule has 2 aromatic heterocycles. The molecule has 1 atom stereocenters. The number of hydrogen-bond acceptors (Lipinski definition) is 3. The third-order valence-corrected chi connectivity index (χ3v) is 4.82. The second-order valence-corrected chi connectivity index (χ2v) is 6.82. The Morgan fingerprint density at radius 3 is 2.95 bits per heavy atom. The summed E-state index contributed by atoms with van der Waals surface area (Å²) >= 11 is 1.70. The van der Waals surface area contributed by atoms with Crippen LogP contribution in [0.4, 0.5) is 0 Å². The molecule has 3 heterocycles. The molecule has 0 N–H and O–H groups in total. The van der Waals surface area contributed by atoms with Crippen LogP contribution in [0, 0.1) is 13.8 Å². The zero-order valence-electron chi connectivity index (χ0n) is 11.9. The van der Waals surface area contributed by atoms with Gasteiger partial charge in [-0.05, 0) is 38.8 Å². The van der Waals surface area contributed by atoms with Crippen molar-refractivity contribution in [3.8, 4) is 0 Å². The Balaban J connectivity index is 1.77. The number of carbonyl (C=O) groups excluding carboxylic acids is 1. The third kappa shape index (κ3) is 2.50. The summed E-state index contributed by atoms with van der Waals surface area (Å²) in [7, 11) is 0. The van der Waals surface area contributed by atoms with Crippen LogP contribution in [-0.4, -0.2) is 33.7 Å². The highest BCUT2D eigenvalue weighted by Gasteiger charge is 2.27. The second-order valence-electron chi connectivity index (χ2n) is 5.36. The minimum Gasteiger partial charge on any atom is -0.336 e. The summed E-state index contributed by atoms with van der Waals surface area (Å²) in [6.45, 7) is 5.69. The Morgan fingerprint density at radius 1 is 1.45 bits per heavy atom. The Morgan fingerprint density at radius 2 is 2.30 bits per heavy atom. The minimum absolute atomic E-state index is 0.170. The lowest BCUT2D eigenvalue weighted by Gasteiger charge is -2.32. The van der Waals surface area contributed by atoms with Crippen LogP contribution in [0.15, 0.2) is 24.5 Å². The van der Waals surface area contributed by atoms with Crippen LogP contribution in [0.3, 0.4) is 0 Å². The molecule has 0 spiro atoms. The van der Waals surface area contributed by atoms with Crippen LogP contribution in [0.1, 0.15) is 39.0 Å². The maximum atomic E-state index is 12.7. The van der Waals surface area contributed by atoms with Crippen molar-refractivity contribution >= 4 is 17.2 Å². The minimum atomic E-state index is 0.170. The van der Waals surface area contributed by atoms with Crippen molar-refractivity contribution in [1.29, 1.82) is 0 Å². The highest BCUT2D eigenvalue weighted by molar-refractivity contribution is 7.12. The molecule has 1 amide bonds. The highest BCUT2D eigenvalue weighted by atomic mass is 32.1. The second kappa shape index (κ2) is 5.40. The lowest BCUT2D eigenvalue weighted by molar-refractivity contribution is 0.0673. The molecular weight excluding hydrogens is 270 g/mol. The monoisotopic (exact) mass is 289 g/mol. The molecule has 1 aliphatic heterocycles. The number of rotatable bonds is 2. The van der Waals surface area contributed by atoms with Crippen LogP contribution in [-0.2, 0) is 0 Å². The quantitative estimate of drug-likeness (QED) is 0.852. The molecule has 5 heteroatoms. The van der Waals surface area contributed by atoms with Gasteiger partial charge in [0.1, 0.15) is 0 Å². The van der Waals surface area contributed by atoms with Gasteiger partial charge in [-0.15, -0.1) is 11.3 Å². The fourth-order valence-corrected chi connectivity index (χ4v) is 3.78. The van der Waals surface area contributed by atoms with Crippen molar-refractivity contribution in [3.05, 3.63) is 39.8 Å². The van der Waals surface area contributed by atoms with Gasteiger partial charge in [0.05, 0.1) is 11.6 Å². The number of aromatic nitrogens is 2. The summed E-state index contributed by atoms with van der Waals surface area (Å²) in [6, 6.07) is 4.26. The maximum Gasteiger partial charge on any atom is 0.255 e. The van der Waals surface area contributed by atoms with E-state index < -0.39 is 0 Å². The lowest BCUT2D eigenvalue weighted by atomic mass is 10.0. The molecule has 2 aromatic rings. The zero-order valence-corrected chi connectivity index (χ0v) is 12.7. The Bertz CT molecular complexity index is 603. The van der Waals surface area contributed by atoms with E-state index in [-0.39, 0.29) is 5.91 Å². The fourth-order valence-electron chi connectivity index (χ4n) is 2.87. The molecule has 3 rings (SSSR count). The number of piperidine rings is 1. The Kier molecular flexibility index (Phi) is 3.61. The van der Waals surface area contributed by atoms with Crippen molar-refractivity contribution in [2.24, 2.45) is 0 Å². The SMILES string of the molecule is Cc1cc(C(=O)N2CCC[C@H](n3cccn3)C2)c(C)s1. The van der Waals surface area contributed by atoms with Crippen LogP contribution in [0.5, 0.6) is 0 Å². The van der Waals surface area contributed by atoms with E-state index in [0.29, 0.717) is 6.04 Å². The first kappa shape index (κ1) is 13.4. The van der Waals surface area contributed by atoms with E-state index in [1.54, 1.807) is 17.5 Å². The van der Waals surface area contributed by atoms with E-state index in [1.807, 2.05) is 34.8 Å². The standard InChI is InChI=1S/C15H19N3OS/c1-11-9-14(12(2)20-11)15(19)17-7-3-5-13(10-17)18-8-4-6-16-18/h4,6,8-9,13H,3,5,7,10H2,1-2H3/t13-/m0/s1. The smallest absolute Gasteiger partial charge is 0.255 e. The fraction of sp³-hybridized carbons (Fsp3) is 0.467. The zero-order chi connectivity index (χ0) is 14.1. The first-order chi connectivity index (χ1) is 9.65. The van der Waals surface area contributed by atoms with E-state index >= 15 is 0 Å². The van der Waals surface area contributed by atoms with Gasteiger partial charge in [0, 0.05) is 35.2 Å². The number of nitrogens with zero attached hydrogens (tertiary/aromatic N) is 3. The summed E-state index contributed by atoms with van der Waals surface area (Å²) in [5.74, 6) is 0.170. The molecule has 0 radical (unpaired) electrons. The van der Waals surface area contributed by atoms with Gasteiger partial charge in [-0.3, -0.25) is 9.48 Å². The molecular formula is C15H19N3OS. The number of carbonyl (C=O) groups is 1. The molecule has 0 bridgehead atoms. The van der Waals surface area contributed by atoms with Gasteiger partial charge < -0.3 is 4.90 Å². The number of amides is 1. The summed E-state index contributed by atoms with van der Waals surface area (Å²) < 4.78 is 1.98. The molecule has 0 aliphatic carbocycles. The average molecular weight is 289 g/mol. The highest BCUT2D eigenvalue weighted by Crippen LogP contribution is 2.26. The van der Waals surface area contributed by atoms with E-state index in [2.05, 4.69) is 12.0 Å². The van der Waals surface area contributed by atoms with Crippen LogP contribution in [0.25, 0.3) is 0 Å². The van der Waals surface area contributed by atoms with Gasteiger partial charge in [-0.25, -0.2) is 0 Å². The number of aryl methyl sites for hydroxylation is 2. The first-order valence-electron chi connectivity index (χ1n) is 7.00. The summed E-state index contributed by atoms with van der Waals surface area (Å²) in [6.07, 6.45) is 5.91. The van der Waals surface area contributed by atoms with E-state index in [1.165, 1.54) is 4.88 Å². The summed E-state index contributed by atoms with van der Waals surface area (Å²) in [5, 5.41) is 4.31. The van der Waals surface area contributed by atoms with Gasteiger partial charge in [0.2, 0.25) is 0 Å². The normalized spacial score (nSPS) is 19.3. The average Bonchev–Trinajstić information content (AvgIpc) is 3.08. The topological polar surface area (TPSA) is 38.1 Å². The van der Waals surface area contributed by atoms with E-state index in [9.17, 15) is 4.79 Å². The van der Waals surface area contributed by atoms with Gasteiger partial charge in [0.25, 0.3) is 5.91 Å². The lowest BCUT2D eigenvalue weighted by Crippen LogP contribution is -2.40. The van der Waals surface area contributed by atoms with Crippen molar-refractivity contribution in [2.75, 3.05) is 13.1 Å². The molecule has 0 aromatic carbocycles. The molecule has 20 heavy (non-hydrogen) atoms. The predicted octanol–water partition coefficient (Wildman–Crippen LogP) is 3.04. The van der Waals surface area contributed by atoms with Gasteiger partial charge in [-0.1, -0.05) is 0 Å². The van der Waals surface area contributed by atoms with Crippen molar-refractivity contribution in [2.45, 2.75) is 32.7 Å². The van der Waals surface area contributed by atoms with Crippen LogP contribution >= 0.6 is 11.3 Å². The molecule has 0 saturated carbocycles. The van der Waals surface area contributed by atoms with E-state index in [0.717, 1.165) is 36.4 Å². The third-order valence-electron chi connectivity index (χ3n) is 3.85. The van der Waals surface area contributed by atoms with Gasteiger partial charge in [0.15, 0.2) is 0 Å². The number of thiophene rings is 1. The Labute approximate surface area is 123 Å². The Hall–Kier alpha value is -1.62. The maximum absolute atomic E-state index is 12.7. The van der Waals surface area contributed by atoms with Gasteiger partial charge in [-0.2, -0.15) is 5.10 Å². The molecule has 1 fully saturated rings. The van der Waals surface area contributed by atoms with Crippen LogP contribution < -0.4 is 0 Å². The van der Waals surface area contributed by atoms with Crippen molar-refractivity contribution in [3.63, 3.8) is 0 Å². The molecule has 1 saturated heterocycles.